The minimum atomic E-state index is -3.44. The van der Waals surface area contributed by atoms with Crippen LogP contribution in [0.25, 0.3) is 0 Å². The summed E-state index contributed by atoms with van der Waals surface area (Å²) in [5.41, 5.74) is 0. The van der Waals surface area contributed by atoms with Crippen LogP contribution in [0.3, 0.4) is 0 Å². The van der Waals surface area contributed by atoms with E-state index in [2.05, 4.69) is 10.3 Å². The summed E-state index contributed by atoms with van der Waals surface area (Å²) >= 11 is 0. The number of benzene rings is 1. The van der Waals surface area contributed by atoms with Crippen LogP contribution in [0, 0.1) is 0 Å². The molecule has 0 amide bonds. The van der Waals surface area contributed by atoms with Crippen LogP contribution >= 0.6 is 0 Å². The molecule has 1 N–H and O–H groups in total. The zero-order valence-electron chi connectivity index (χ0n) is 17.1. The molecule has 28 heavy (non-hydrogen) atoms. The first-order chi connectivity index (χ1) is 13.0. The molecule has 1 saturated heterocycles. The summed E-state index contributed by atoms with van der Waals surface area (Å²) < 4.78 is 49.2. The molecule has 1 aliphatic rings. The van der Waals surface area contributed by atoms with Crippen molar-refractivity contribution in [3.8, 4) is 0 Å². The van der Waals surface area contributed by atoms with Crippen LogP contribution in [-0.2, 0) is 19.7 Å². The van der Waals surface area contributed by atoms with Crippen LogP contribution < -0.4 is 5.32 Å². The molecule has 7 nitrogen and oxygen atoms in total. The van der Waals surface area contributed by atoms with E-state index in [1.165, 1.54) is 0 Å². The Morgan fingerprint density at radius 3 is 2.43 bits per heavy atom. The van der Waals surface area contributed by atoms with Crippen LogP contribution in [0.5, 0.6) is 0 Å². The standard InChI is InChI=1S/C19H31N3O4S2/c1-5-16(14-27(23,24)17-10-8-7-9-11-17)21-18(20-6-2)22-12-13-28(25,26)19(3,4)15-22/h7-11,16H,5-6,12-15H2,1-4H3,(H,20,21). The monoisotopic (exact) mass is 429 g/mol. The summed E-state index contributed by atoms with van der Waals surface area (Å²) in [6.07, 6.45) is 0.602. The maximum absolute atomic E-state index is 12.7. The number of aliphatic imine (C=N–C) groups is 1. The number of sulfone groups is 2. The van der Waals surface area contributed by atoms with Gasteiger partial charge < -0.3 is 10.2 Å². The molecule has 0 saturated carbocycles. The second kappa shape index (κ2) is 8.82. The van der Waals surface area contributed by atoms with Crippen molar-refractivity contribution < 1.29 is 16.8 Å². The lowest BCUT2D eigenvalue weighted by Crippen LogP contribution is -2.58. The first-order valence-corrected chi connectivity index (χ1v) is 12.9. The predicted molar refractivity (Wildman–Crippen MR) is 113 cm³/mol. The van der Waals surface area contributed by atoms with Crippen molar-refractivity contribution >= 4 is 25.6 Å². The fourth-order valence-corrected chi connectivity index (χ4v) is 6.12. The lowest BCUT2D eigenvalue weighted by atomic mass is 10.2. The van der Waals surface area contributed by atoms with E-state index in [0.717, 1.165) is 0 Å². The Labute approximate surface area is 169 Å². The van der Waals surface area contributed by atoms with Crippen molar-refractivity contribution in [1.29, 1.82) is 0 Å². The first-order valence-electron chi connectivity index (χ1n) is 9.58. The Hall–Kier alpha value is -1.61. The van der Waals surface area contributed by atoms with Gasteiger partial charge in [-0.05, 0) is 39.3 Å². The molecule has 0 spiro atoms. The fourth-order valence-electron chi connectivity index (χ4n) is 3.14. The van der Waals surface area contributed by atoms with E-state index in [1.807, 2.05) is 18.7 Å². The van der Waals surface area contributed by atoms with Gasteiger partial charge in [0.25, 0.3) is 0 Å². The molecule has 1 heterocycles. The molecule has 0 aromatic heterocycles. The third-order valence-corrected chi connectivity index (χ3v) is 9.36. The van der Waals surface area contributed by atoms with Crippen LogP contribution in [0.1, 0.15) is 34.1 Å². The average molecular weight is 430 g/mol. The summed E-state index contributed by atoms with van der Waals surface area (Å²) in [6.45, 7) is 8.45. The first kappa shape index (κ1) is 22.7. The lowest BCUT2D eigenvalue weighted by Gasteiger charge is -2.40. The van der Waals surface area contributed by atoms with E-state index in [0.29, 0.717) is 36.9 Å². The normalized spacial score (nSPS) is 20.6. The van der Waals surface area contributed by atoms with Crippen molar-refractivity contribution in [3.05, 3.63) is 30.3 Å². The number of hydrogen-bond donors (Lipinski definition) is 1. The van der Waals surface area contributed by atoms with E-state index in [9.17, 15) is 16.8 Å². The molecule has 2 rings (SSSR count). The van der Waals surface area contributed by atoms with Crippen LogP contribution in [0.15, 0.2) is 40.2 Å². The fraction of sp³-hybridized carbons (Fsp3) is 0.632. The van der Waals surface area contributed by atoms with Crippen LogP contribution in [-0.4, -0.2) is 69.6 Å². The van der Waals surface area contributed by atoms with Crippen molar-refractivity contribution in [3.63, 3.8) is 0 Å². The Bertz CT molecular complexity index is 894. The van der Waals surface area contributed by atoms with Crippen molar-refractivity contribution in [2.75, 3.05) is 31.1 Å². The van der Waals surface area contributed by atoms with E-state index in [4.69, 9.17) is 0 Å². The van der Waals surface area contributed by atoms with Crippen LogP contribution in [0.2, 0.25) is 0 Å². The molecule has 1 fully saturated rings. The predicted octanol–water partition coefficient (Wildman–Crippen LogP) is 1.71. The zero-order chi connectivity index (χ0) is 21.0. The van der Waals surface area contributed by atoms with Gasteiger partial charge in [-0.2, -0.15) is 0 Å². The summed E-state index contributed by atoms with van der Waals surface area (Å²) in [5, 5.41) is 3.27. The van der Waals surface area contributed by atoms with Gasteiger partial charge in [0.1, 0.15) is 0 Å². The van der Waals surface area contributed by atoms with Crippen LogP contribution in [0.4, 0.5) is 0 Å². The second-order valence-corrected chi connectivity index (χ2v) is 12.4. The van der Waals surface area contributed by atoms with E-state index >= 15 is 0 Å². The molecule has 0 radical (unpaired) electrons. The average Bonchev–Trinajstić information content (AvgIpc) is 2.63. The Balaban J connectivity index is 2.17. The highest BCUT2D eigenvalue weighted by atomic mass is 32.2. The highest BCUT2D eigenvalue weighted by Gasteiger charge is 2.41. The van der Waals surface area contributed by atoms with Gasteiger partial charge in [0.15, 0.2) is 25.6 Å². The van der Waals surface area contributed by atoms with Gasteiger partial charge in [0.05, 0.1) is 21.1 Å². The molecule has 1 aliphatic heterocycles. The molecule has 1 atom stereocenters. The van der Waals surface area contributed by atoms with Gasteiger partial charge in [-0.25, -0.2) is 16.8 Å². The quantitative estimate of drug-likeness (QED) is 0.546. The highest BCUT2D eigenvalue weighted by Crippen LogP contribution is 2.24. The molecular weight excluding hydrogens is 398 g/mol. The molecule has 0 bridgehead atoms. The maximum atomic E-state index is 12.7. The number of rotatable bonds is 6. The summed E-state index contributed by atoms with van der Waals surface area (Å²) in [5.74, 6) is 0.579. The minimum absolute atomic E-state index is 0.0498. The highest BCUT2D eigenvalue weighted by molar-refractivity contribution is 7.92. The van der Waals surface area contributed by atoms with Crippen molar-refractivity contribution in [2.24, 2.45) is 4.99 Å². The molecule has 1 aromatic carbocycles. The molecule has 0 aliphatic carbocycles. The van der Waals surface area contributed by atoms with Gasteiger partial charge in [-0.3, -0.25) is 4.99 Å². The molecule has 9 heteroatoms. The Morgan fingerprint density at radius 1 is 1.25 bits per heavy atom. The van der Waals surface area contributed by atoms with E-state index in [1.54, 1.807) is 44.2 Å². The summed E-state index contributed by atoms with van der Waals surface area (Å²) in [4.78, 5) is 6.71. The number of hydrogen-bond acceptors (Lipinski definition) is 5. The third kappa shape index (κ3) is 5.26. The van der Waals surface area contributed by atoms with E-state index in [-0.39, 0.29) is 17.5 Å². The SMILES string of the molecule is CCN=C(NC(CC)CS(=O)(=O)c1ccccc1)N1CCS(=O)(=O)C(C)(C)C1. The summed E-state index contributed by atoms with van der Waals surface area (Å²) in [7, 11) is -6.60. The number of guanidine groups is 1. The van der Waals surface area contributed by atoms with Gasteiger partial charge in [-0.1, -0.05) is 25.1 Å². The molecule has 1 aromatic rings. The number of nitrogens with zero attached hydrogens (tertiary/aromatic N) is 2. The van der Waals surface area contributed by atoms with Gasteiger partial charge >= 0.3 is 0 Å². The molecular formula is C19H31N3O4S2. The second-order valence-electron chi connectivity index (χ2n) is 7.64. The molecule has 1 unspecified atom stereocenters. The minimum Gasteiger partial charge on any atom is -0.352 e. The topological polar surface area (TPSA) is 95.9 Å². The van der Waals surface area contributed by atoms with Gasteiger partial charge in [0, 0.05) is 25.7 Å². The Kier molecular flexibility index (Phi) is 7.14. The summed E-state index contributed by atoms with van der Waals surface area (Å²) in [6, 6.07) is 8.08. The smallest absolute Gasteiger partial charge is 0.194 e. The van der Waals surface area contributed by atoms with Crippen molar-refractivity contribution in [2.45, 2.75) is 49.8 Å². The number of nitrogens with one attached hydrogen (secondary N) is 1. The largest absolute Gasteiger partial charge is 0.352 e. The van der Waals surface area contributed by atoms with Crippen molar-refractivity contribution in [1.82, 2.24) is 10.2 Å². The maximum Gasteiger partial charge on any atom is 0.194 e. The lowest BCUT2D eigenvalue weighted by molar-refractivity contribution is 0.348. The van der Waals surface area contributed by atoms with E-state index < -0.39 is 24.4 Å². The molecule has 158 valence electrons. The zero-order valence-corrected chi connectivity index (χ0v) is 18.7. The third-order valence-electron chi connectivity index (χ3n) is 5.00. The Morgan fingerprint density at radius 2 is 1.89 bits per heavy atom. The van der Waals surface area contributed by atoms with Gasteiger partial charge in [-0.15, -0.1) is 0 Å². The van der Waals surface area contributed by atoms with Gasteiger partial charge in [0.2, 0.25) is 0 Å².